The number of hydrogen-bond acceptors (Lipinski definition) is 6. The summed E-state index contributed by atoms with van der Waals surface area (Å²) in [7, 11) is 5.14. The first kappa shape index (κ1) is 26.2. The lowest BCUT2D eigenvalue weighted by atomic mass is 10.1. The largest absolute Gasteiger partial charge is 0.489 e. The van der Waals surface area contributed by atoms with Crippen LogP contribution in [0.2, 0.25) is 0 Å². The fourth-order valence-corrected chi connectivity index (χ4v) is 2.99. The van der Waals surface area contributed by atoms with Crippen molar-refractivity contribution >= 4 is 24.4 Å². The van der Waals surface area contributed by atoms with Crippen LogP contribution in [0.15, 0.2) is 53.7 Å². The van der Waals surface area contributed by atoms with Crippen molar-refractivity contribution in [2.45, 2.75) is 27.4 Å². The first-order valence-electron chi connectivity index (χ1n) is 10.1. The molecule has 0 fully saturated rings. The zero-order valence-electron chi connectivity index (χ0n) is 19.6. The van der Waals surface area contributed by atoms with Gasteiger partial charge in [-0.25, -0.2) is 8.78 Å². The number of hydroxylamine groups is 1. The third-order valence-electron chi connectivity index (χ3n) is 4.49. The van der Waals surface area contributed by atoms with Crippen LogP contribution in [0.4, 0.5) is 8.78 Å². The summed E-state index contributed by atoms with van der Waals surface area (Å²) < 4.78 is 36.5. The van der Waals surface area contributed by atoms with Crippen LogP contribution in [0, 0.1) is 11.6 Å². The number of hydrogen-bond donors (Lipinski definition) is 2. The summed E-state index contributed by atoms with van der Waals surface area (Å²) in [5.74, 6) is -0.716. The molecule has 0 radical (unpaired) electrons. The summed E-state index contributed by atoms with van der Waals surface area (Å²) in [6, 6.07) is 9.08. The maximum atomic E-state index is 14.9. The van der Waals surface area contributed by atoms with Crippen LogP contribution >= 0.6 is 12.8 Å². The number of nitrogens with one attached hydrogen (secondary N) is 1. The van der Waals surface area contributed by atoms with E-state index in [9.17, 15) is 13.6 Å². The van der Waals surface area contributed by atoms with Crippen LogP contribution in [0.1, 0.15) is 31.9 Å². The normalized spacial score (nSPS) is 11.3. The Morgan fingerprint density at radius 1 is 1.03 bits per heavy atom. The molecule has 1 amide bonds. The molecular formula is C24H29F2N3O3S. The molecule has 0 saturated carbocycles. The smallest absolute Gasteiger partial charge is 0.221 e. The van der Waals surface area contributed by atoms with Gasteiger partial charge in [-0.05, 0) is 56.3 Å². The Kier molecular flexibility index (Phi) is 9.31. The van der Waals surface area contributed by atoms with Crippen LogP contribution < -0.4 is 14.9 Å². The second kappa shape index (κ2) is 11.7. The molecule has 0 bridgehead atoms. The van der Waals surface area contributed by atoms with Crippen molar-refractivity contribution in [2.75, 3.05) is 21.1 Å². The van der Waals surface area contributed by atoms with Gasteiger partial charge in [0.25, 0.3) is 0 Å². The molecule has 0 atom stereocenters. The van der Waals surface area contributed by atoms with E-state index in [1.54, 1.807) is 56.4 Å². The second-order valence-corrected chi connectivity index (χ2v) is 8.32. The number of carbonyl (C=O) groups excluding carboxylic acids is 1. The van der Waals surface area contributed by atoms with Crippen LogP contribution in [0.3, 0.4) is 0 Å². The van der Waals surface area contributed by atoms with Crippen LogP contribution in [-0.4, -0.2) is 36.4 Å². The molecule has 6 nitrogen and oxygen atoms in total. The maximum absolute atomic E-state index is 14.9. The number of rotatable bonds is 9. The van der Waals surface area contributed by atoms with E-state index in [0.717, 1.165) is 5.57 Å². The van der Waals surface area contributed by atoms with Gasteiger partial charge in [-0.2, -0.15) is 0 Å². The topological polar surface area (TPSA) is 54.0 Å². The summed E-state index contributed by atoms with van der Waals surface area (Å²) in [6.45, 7) is 4.80. The summed E-state index contributed by atoms with van der Waals surface area (Å²) in [4.78, 5) is 18.5. The highest BCUT2D eigenvalue weighted by Gasteiger charge is 2.16. The number of allylic oxidation sites excluding steroid dienone is 2. The van der Waals surface area contributed by atoms with Gasteiger partial charge in [0, 0.05) is 45.0 Å². The molecule has 0 heterocycles. The van der Waals surface area contributed by atoms with Gasteiger partial charge in [0.05, 0.1) is 5.56 Å². The predicted molar refractivity (Wildman–Crippen MR) is 128 cm³/mol. The van der Waals surface area contributed by atoms with Crippen molar-refractivity contribution in [1.82, 2.24) is 14.7 Å². The first-order valence-corrected chi connectivity index (χ1v) is 10.5. The third kappa shape index (κ3) is 7.80. The van der Waals surface area contributed by atoms with Crippen molar-refractivity contribution in [2.24, 2.45) is 0 Å². The van der Waals surface area contributed by atoms with Crippen molar-refractivity contribution in [1.29, 1.82) is 0 Å². The minimum atomic E-state index is -0.729. The van der Waals surface area contributed by atoms with Crippen molar-refractivity contribution < 1.29 is 23.1 Å². The number of benzene rings is 2. The first-order chi connectivity index (χ1) is 15.5. The third-order valence-corrected chi connectivity index (χ3v) is 4.58. The van der Waals surface area contributed by atoms with Gasteiger partial charge in [-0.15, -0.1) is 0 Å². The lowest BCUT2D eigenvalue weighted by Gasteiger charge is -2.20. The van der Waals surface area contributed by atoms with Gasteiger partial charge in [-0.1, -0.05) is 22.9 Å². The molecule has 2 rings (SSSR count). The zero-order chi connectivity index (χ0) is 24.7. The van der Waals surface area contributed by atoms with E-state index in [2.05, 4.69) is 18.1 Å². The number of thiol groups is 1. The maximum Gasteiger partial charge on any atom is 0.221 e. The van der Waals surface area contributed by atoms with Crippen LogP contribution in [0.5, 0.6) is 11.5 Å². The number of nitrogens with zero attached hydrogens (tertiary/aromatic N) is 2. The van der Waals surface area contributed by atoms with E-state index in [-0.39, 0.29) is 18.1 Å². The number of amides is 1. The van der Waals surface area contributed by atoms with Gasteiger partial charge in [-0.3, -0.25) is 4.79 Å². The Hall–Kier alpha value is -3.04. The Morgan fingerprint density at radius 2 is 1.58 bits per heavy atom. The monoisotopic (exact) mass is 477 g/mol. The summed E-state index contributed by atoms with van der Waals surface area (Å²) in [6.07, 6.45) is 1.69. The van der Waals surface area contributed by atoms with Gasteiger partial charge in [0.1, 0.15) is 29.7 Å². The van der Waals surface area contributed by atoms with E-state index >= 15 is 0 Å². The highest BCUT2D eigenvalue weighted by atomic mass is 32.1. The molecule has 1 N–H and O–H groups in total. The summed E-state index contributed by atoms with van der Waals surface area (Å²) in [5.41, 5.74) is 2.11. The fraction of sp³-hybridized carbons (Fsp3) is 0.292. The molecule has 0 saturated heterocycles. The van der Waals surface area contributed by atoms with Gasteiger partial charge >= 0.3 is 0 Å². The van der Waals surface area contributed by atoms with E-state index in [4.69, 9.17) is 9.57 Å². The van der Waals surface area contributed by atoms with Gasteiger partial charge in [0.15, 0.2) is 0 Å². The molecule has 2 aromatic carbocycles. The quantitative estimate of drug-likeness (QED) is 0.304. The van der Waals surface area contributed by atoms with E-state index in [1.807, 2.05) is 13.8 Å². The number of halogens is 2. The molecule has 33 heavy (non-hydrogen) atoms. The highest BCUT2D eigenvalue weighted by Crippen LogP contribution is 2.26. The summed E-state index contributed by atoms with van der Waals surface area (Å²) in [5, 5.41) is 2.74. The standard InChI is InChI=1S/C24H29F2N3O3S/c1-15(2)23(27-16(3)30)13-24(28(4)5)17-11-21(25)20(22(26)12-17)14-31-18-7-9-19(10-8-18)32-29(6)33/h7-13,33H,14H2,1-6H3,(H,27,30)/b24-13-. The summed E-state index contributed by atoms with van der Waals surface area (Å²) >= 11 is 3.99. The molecule has 0 aliphatic rings. The second-order valence-electron chi connectivity index (χ2n) is 7.75. The Bertz CT molecular complexity index is 1020. The van der Waals surface area contributed by atoms with Crippen molar-refractivity contribution in [3.63, 3.8) is 0 Å². The van der Waals surface area contributed by atoms with Crippen LogP contribution in [0.25, 0.3) is 5.70 Å². The lowest BCUT2D eigenvalue weighted by Crippen LogP contribution is -2.21. The number of ether oxygens (including phenoxy) is 1. The molecule has 0 aliphatic carbocycles. The SMILES string of the molecule is CC(=O)NC(/C=C(/c1cc(F)c(COc2ccc(ON(C)S)cc2)c(F)c1)N(C)C)=C(C)C. The average Bonchev–Trinajstić information content (AvgIpc) is 2.70. The van der Waals surface area contributed by atoms with Gasteiger partial charge < -0.3 is 19.8 Å². The fourth-order valence-electron chi connectivity index (χ4n) is 2.90. The molecule has 178 valence electrons. The van der Waals surface area contributed by atoms with E-state index in [0.29, 0.717) is 28.5 Å². The highest BCUT2D eigenvalue weighted by molar-refractivity contribution is 7.77. The lowest BCUT2D eigenvalue weighted by molar-refractivity contribution is -0.118. The Labute approximate surface area is 199 Å². The molecule has 0 spiro atoms. The van der Waals surface area contributed by atoms with Crippen molar-refractivity contribution in [3.05, 3.63) is 76.5 Å². The molecule has 9 heteroatoms. The molecule has 0 aliphatic heterocycles. The van der Waals surface area contributed by atoms with Gasteiger partial charge in [0.2, 0.25) is 5.91 Å². The Morgan fingerprint density at radius 3 is 2.03 bits per heavy atom. The zero-order valence-corrected chi connectivity index (χ0v) is 20.5. The number of carbonyl (C=O) groups is 1. The predicted octanol–water partition coefficient (Wildman–Crippen LogP) is 4.95. The molecule has 0 unspecified atom stereocenters. The minimum absolute atomic E-state index is 0.184. The molecule has 2 aromatic rings. The Balaban J connectivity index is 2.28. The average molecular weight is 478 g/mol. The van der Waals surface area contributed by atoms with Crippen LogP contribution in [-0.2, 0) is 11.4 Å². The van der Waals surface area contributed by atoms with E-state index < -0.39 is 11.6 Å². The minimum Gasteiger partial charge on any atom is -0.489 e. The molecule has 0 aromatic heterocycles. The van der Waals surface area contributed by atoms with E-state index in [1.165, 1.54) is 23.5 Å². The van der Waals surface area contributed by atoms with Crippen molar-refractivity contribution in [3.8, 4) is 11.5 Å². The molecular weight excluding hydrogens is 448 g/mol.